The highest BCUT2D eigenvalue weighted by Crippen LogP contribution is 2.37. The van der Waals surface area contributed by atoms with Crippen molar-refractivity contribution in [2.45, 2.75) is 33.6 Å². The minimum Gasteiger partial charge on any atom is -0.465 e. The molecule has 0 bridgehead atoms. The smallest absolute Gasteiger partial charge is 0.337 e. The molecular formula is C28H28N2O5S. The largest absolute Gasteiger partial charge is 0.465 e. The summed E-state index contributed by atoms with van der Waals surface area (Å²) in [6, 6.07) is 15.1. The second kappa shape index (κ2) is 10.5. The van der Waals surface area contributed by atoms with Gasteiger partial charge in [0.15, 0.2) is 0 Å². The van der Waals surface area contributed by atoms with Gasteiger partial charge in [-0.25, -0.2) is 4.79 Å². The average Bonchev–Trinajstić information content (AvgIpc) is 3.17. The van der Waals surface area contributed by atoms with E-state index >= 15 is 0 Å². The van der Waals surface area contributed by atoms with E-state index in [9.17, 15) is 14.4 Å². The lowest BCUT2D eigenvalue weighted by molar-refractivity contribution is -0.146. The molecule has 2 aromatic carbocycles. The van der Waals surface area contributed by atoms with Crippen LogP contribution in [0, 0.1) is 25.2 Å². The topological polar surface area (TPSA) is 98.5 Å². The maximum absolute atomic E-state index is 13.5. The van der Waals surface area contributed by atoms with Crippen molar-refractivity contribution in [1.82, 2.24) is 4.57 Å². The van der Waals surface area contributed by atoms with E-state index in [1.165, 1.54) is 0 Å². The van der Waals surface area contributed by atoms with Crippen molar-refractivity contribution in [1.29, 1.82) is 5.41 Å². The molecule has 1 N–H and O–H groups in total. The first-order valence-electron chi connectivity index (χ1n) is 11.8. The molecular weight excluding hydrogens is 476 g/mol. The Balaban J connectivity index is 2.07. The fourth-order valence-electron chi connectivity index (χ4n) is 4.33. The van der Waals surface area contributed by atoms with Crippen LogP contribution < -0.4 is 14.8 Å². The molecule has 2 atom stereocenters. The van der Waals surface area contributed by atoms with Crippen LogP contribution >= 0.6 is 11.3 Å². The van der Waals surface area contributed by atoms with Gasteiger partial charge in [0.05, 0.1) is 23.3 Å². The normalized spacial score (nSPS) is 17.6. The van der Waals surface area contributed by atoms with Gasteiger partial charge < -0.3 is 9.47 Å². The molecule has 7 nitrogen and oxygen atoms in total. The summed E-state index contributed by atoms with van der Waals surface area (Å²) < 4.78 is 12.5. The van der Waals surface area contributed by atoms with Gasteiger partial charge in [0.1, 0.15) is 16.4 Å². The Morgan fingerprint density at radius 2 is 1.56 bits per heavy atom. The third-order valence-electron chi connectivity index (χ3n) is 6.08. The van der Waals surface area contributed by atoms with E-state index in [1.807, 2.05) is 62.4 Å². The van der Waals surface area contributed by atoms with Crippen molar-refractivity contribution >= 4 is 40.8 Å². The summed E-state index contributed by atoms with van der Waals surface area (Å²) in [5, 5.41) is 8.94. The molecule has 4 rings (SSSR count). The maximum Gasteiger partial charge on any atom is 0.337 e. The summed E-state index contributed by atoms with van der Waals surface area (Å²) >= 11 is 1.12. The van der Waals surface area contributed by atoms with Crippen molar-refractivity contribution < 1.29 is 19.1 Å². The van der Waals surface area contributed by atoms with Crippen LogP contribution in [0.15, 0.2) is 53.3 Å². The van der Waals surface area contributed by atoms with E-state index < -0.39 is 29.3 Å². The van der Waals surface area contributed by atoms with Gasteiger partial charge in [-0.2, -0.15) is 0 Å². The number of aryl methyl sites for hydroxylation is 2. The number of benzene rings is 2. The number of hydrogen-bond acceptors (Lipinski definition) is 7. The quantitative estimate of drug-likeness (QED) is 0.521. The Bertz CT molecular complexity index is 1500. The zero-order valence-electron chi connectivity index (χ0n) is 20.7. The van der Waals surface area contributed by atoms with E-state index in [4.69, 9.17) is 14.9 Å². The van der Waals surface area contributed by atoms with Crippen molar-refractivity contribution in [2.24, 2.45) is 5.92 Å². The molecule has 36 heavy (non-hydrogen) atoms. The number of carbonyl (C=O) groups excluding carboxylic acids is 2. The highest BCUT2D eigenvalue weighted by molar-refractivity contribution is 7.07. The molecule has 0 saturated heterocycles. The zero-order chi connectivity index (χ0) is 26.0. The number of thiazole rings is 1. The molecule has 0 saturated carbocycles. The van der Waals surface area contributed by atoms with Gasteiger partial charge in [-0.1, -0.05) is 59.7 Å². The van der Waals surface area contributed by atoms with Crippen molar-refractivity contribution in [2.75, 3.05) is 13.2 Å². The minimum absolute atomic E-state index is 0.107. The highest BCUT2D eigenvalue weighted by Gasteiger charge is 2.45. The fourth-order valence-corrected chi connectivity index (χ4v) is 5.50. The lowest BCUT2D eigenvalue weighted by Crippen LogP contribution is -2.50. The number of rotatable bonds is 6. The van der Waals surface area contributed by atoms with E-state index in [1.54, 1.807) is 19.9 Å². The van der Waals surface area contributed by atoms with Crippen LogP contribution in [0.4, 0.5) is 0 Å². The molecule has 8 heteroatoms. The number of esters is 2. The molecule has 3 aromatic rings. The molecule has 2 unspecified atom stereocenters. The first-order chi connectivity index (χ1) is 17.3. The number of nitrogens with one attached hydrogen (secondary N) is 1. The van der Waals surface area contributed by atoms with Gasteiger partial charge in [0.2, 0.25) is 0 Å². The van der Waals surface area contributed by atoms with Crippen LogP contribution in [-0.4, -0.2) is 35.6 Å². The Morgan fingerprint density at radius 3 is 2.14 bits per heavy atom. The van der Waals surface area contributed by atoms with Crippen LogP contribution in [0.5, 0.6) is 0 Å². The Morgan fingerprint density at radius 1 is 0.972 bits per heavy atom. The summed E-state index contributed by atoms with van der Waals surface area (Å²) in [7, 11) is 0. The Hall–Kier alpha value is -3.78. The SMILES string of the molecule is CCOC(=O)C1=c2s/c(=C\c3ccc(C)cc3)c(=O)n2C(=N)C(C(=O)OCC)C1c1ccc(C)cc1. The number of hydrogen-bond donors (Lipinski definition) is 1. The lowest BCUT2D eigenvalue weighted by atomic mass is 9.78. The standard InChI is InChI=1S/C28H28N2O5S/c1-5-34-27(32)22-21(19-13-9-17(4)10-14-19)23(28(33)35-6-2)26-30(24(22)29)25(31)20(36-26)15-18-11-7-16(3)8-12-18/h7-15,21-22,29H,5-6H2,1-4H3/b20-15-,29-24?. The molecule has 2 heterocycles. The van der Waals surface area contributed by atoms with Gasteiger partial charge in [0, 0.05) is 5.92 Å². The van der Waals surface area contributed by atoms with Gasteiger partial charge >= 0.3 is 11.9 Å². The van der Waals surface area contributed by atoms with E-state index in [-0.39, 0.29) is 24.6 Å². The van der Waals surface area contributed by atoms with Crippen LogP contribution in [0.2, 0.25) is 0 Å². The Labute approximate surface area is 212 Å². The van der Waals surface area contributed by atoms with Crippen LogP contribution in [0.1, 0.15) is 42.0 Å². The third-order valence-corrected chi connectivity index (χ3v) is 7.19. The second-order valence-electron chi connectivity index (χ2n) is 8.60. The molecule has 0 aliphatic carbocycles. The predicted molar refractivity (Wildman–Crippen MR) is 140 cm³/mol. The molecule has 0 fully saturated rings. The fraction of sp³-hybridized carbons (Fsp3) is 0.286. The summed E-state index contributed by atoms with van der Waals surface area (Å²) in [5.74, 6) is -3.52. The first-order valence-corrected chi connectivity index (χ1v) is 12.6. The number of fused-ring (bicyclic) bond motifs is 1. The Kier molecular flexibility index (Phi) is 7.35. The predicted octanol–water partition coefficient (Wildman–Crippen LogP) is 2.87. The third kappa shape index (κ3) is 4.68. The first kappa shape index (κ1) is 25.3. The van der Waals surface area contributed by atoms with Gasteiger partial charge in [-0.05, 0) is 44.9 Å². The summed E-state index contributed by atoms with van der Waals surface area (Å²) in [4.78, 5) is 40.1. The number of aromatic nitrogens is 1. The van der Waals surface area contributed by atoms with Gasteiger partial charge in [0.25, 0.3) is 5.56 Å². The molecule has 186 valence electrons. The van der Waals surface area contributed by atoms with Crippen molar-refractivity contribution in [3.63, 3.8) is 0 Å². The second-order valence-corrected chi connectivity index (χ2v) is 9.64. The van der Waals surface area contributed by atoms with Crippen LogP contribution in [0.25, 0.3) is 11.6 Å². The molecule has 0 radical (unpaired) electrons. The number of carbonyl (C=O) groups is 2. The van der Waals surface area contributed by atoms with Crippen LogP contribution in [0.3, 0.4) is 0 Å². The van der Waals surface area contributed by atoms with Crippen LogP contribution in [-0.2, 0) is 19.1 Å². The minimum atomic E-state index is -1.18. The molecule has 1 aliphatic heterocycles. The van der Waals surface area contributed by atoms with Crippen molar-refractivity contribution in [3.8, 4) is 0 Å². The molecule has 0 amide bonds. The summed E-state index contributed by atoms with van der Waals surface area (Å²) in [5.41, 5.74) is 3.31. The molecule has 0 spiro atoms. The van der Waals surface area contributed by atoms with Gasteiger partial charge in [-0.15, -0.1) is 11.3 Å². The summed E-state index contributed by atoms with van der Waals surface area (Å²) in [6.07, 6.45) is 1.73. The maximum atomic E-state index is 13.5. The van der Waals surface area contributed by atoms with Crippen molar-refractivity contribution in [3.05, 3.63) is 90.3 Å². The van der Waals surface area contributed by atoms with Gasteiger partial charge in [-0.3, -0.25) is 19.6 Å². The highest BCUT2D eigenvalue weighted by atomic mass is 32.1. The lowest BCUT2D eigenvalue weighted by Gasteiger charge is -2.31. The number of ether oxygens (including phenoxy) is 2. The molecule has 1 aromatic heterocycles. The number of nitrogens with zero attached hydrogens (tertiary/aromatic N) is 1. The monoisotopic (exact) mass is 504 g/mol. The molecule has 1 aliphatic rings. The average molecular weight is 505 g/mol. The summed E-state index contributed by atoms with van der Waals surface area (Å²) in [6.45, 7) is 7.53. The zero-order valence-corrected chi connectivity index (χ0v) is 21.5. The van der Waals surface area contributed by atoms with E-state index in [2.05, 4.69) is 0 Å². The van der Waals surface area contributed by atoms with E-state index in [0.29, 0.717) is 14.8 Å². The van der Waals surface area contributed by atoms with E-state index in [0.717, 1.165) is 32.6 Å².